The van der Waals surface area contributed by atoms with Gasteiger partial charge in [0.25, 0.3) is 0 Å². The predicted octanol–water partition coefficient (Wildman–Crippen LogP) is 2.71. The van der Waals surface area contributed by atoms with Gasteiger partial charge in [0, 0.05) is 25.2 Å². The molecule has 0 bridgehead atoms. The van der Waals surface area contributed by atoms with Gasteiger partial charge in [-0.3, -0.25) is 4.79 Å². The highest BCUT2D eigenvalue weighted by Crippen LogP contribution is 2.26. The van der Waals surface area contributed by atoms with Crippen LogP contribution in [0.15, 0.2) is 18.2 Å². The fraction of sp³-hybridized carbons (Fsp3) is 0.500. The molecular weight excluding hydrogens is 299 g/mol. The number of carbonyl (C=O) groups excluding carboxylic acids is 1. The van der Waals surface area contributed by atoms with Crippen molar-refractivity contribution in [2.45, 2.75) is 25.3 Å². The van der Waals surface area contributed by atoms with Crippen LogP contribution in [0.25, 0.3) is 0 Å². The van der Waals surface area contributed by atoms with Crippen LogP contribution in [0, 0.1) is 0 Å². The quantitative estimate of drug-likeness (QED) is 0.929. The lowest BCUT2D eigenvalue weighted by atomic mass is 10.1. The SMILES string of the molecule is NC1CCN(C(=O)CCOc2ccc(Cl)c(Cl)c2)CC1. The summed E-state index contributed by atoms with van der Waals surface area (Å²) in [6.07, 6.45) is 2.11. The van der Waals surface area contributed by atoms with Crippen LogP contribution in [0.1, 0.15) is 19.3 Å². The van der Waals surface area contributed by atoms with Gasteiger partial charge in [-0.05, 0) is 25.0 Å². The zero-order valence-electron chi connectivity index (χ0n) is 11.1. The van der Waals surface area contributed by atoms with Crippen molar-refractivity contribution in [1.29, 1.82) is 0 Å². The van der Waals surface area contributed by atoms with Gasteiger partial charge in [0.1, 0.15) is 5.75 Å². The van der Waals surface area contributed by atoms with Gasteiger partial charge in [0.05, 0.1) is 23.1 Å². The standard InChI is InChI=1S/C14H18Cl2N2O2/c15-12-2-1-11(9-13(12)16)20-8-5-14(19)18-6-3-10(17)4-7-18/h1-2,9-10H,3-8,17H2. The fourth-order valence-electron chi connectivity index (χ4n) is 2.13. The van der Waals surface area contributed by atoms with Crippen molar-refractivity contribution >= 4 is 29.1 Å². The third kappa shape index (κ3) is 4.27. The number of likely N-dealkylation sites (tertiary alicyclic amines) is 1. The minimum atomic E-state index is 0.108. The molecule has 1 saturated heterocycles. The molecule has 4 nitrogen and oxygen atoms in total. The number of piperidine rings is 1. The number of nitrogens with two attached hydrogens (primary N) is 1. The Hall–Kier alpha value is -0.970. The molecule has 0 atom stereocenters. The van der Waals surface area contributed by atoms with Gasteiger partial charge in [0.15, 0.2) is 0 Å². The van der Waals surface area contributed by atoms with Gasteiger partial charge in [-0.1, -0.05) is 23.2 Å². The lowest BCUT2D eigenvalue weighted by Gasteiger charge is -2.30. The van der Waals surface area contributed by atoms with Gasteiger partial charge in [0.2, 0.25) is 5.91 Å². The molecule has 0 saturated carbocycles. The maximum absolute atomic E-state index is 12.0. The van der Waals surface area contributed by atoms with E-state index in [1.165, 1.54) is 0 Å². The van der Waals surface area contributed by atoms with Crippen LogP contribution >= 0.6 is 23.2 Å². The Bertz CT molecular complexity index is 474. The van der Waals surface area contributed by atoms with E-state index in [1.807, 2.05) is 4.90 Å². The first kappa shape index (κ1) is 15.4. The summed E-state index contributed by atoms with van der Waals surface area (Å²) in [4.78, 5) is 13.8. The highest BCUT2D eigenvalue weighted by Gasteiger charge is 2.20. The minimum absolute atomic E-state index is 0.108. The zero-order chi connectivity index (χ0) is 14.5. The highest BCUT2D eigenvalue weighted by atomic mass is 35.5. The number of rotatable bonds is 4. The van der Waals surface area contributed by atoms with E-state index < -0.39 is 0 Å². The summed E-state index contributed by atoms with van der Waals surface area (Å²) >= 11 is 11.7. The predicted molar refractivity (Wildman–Crippen MR) is 80.4 cm³/mol. The van der Waals surface area contributed by atoms with Gasteiger partial charge < -0.3 is 15.4 Å². The summed E-state index contributed by atoms with van der Waals surface area (Å²) in [5, 5.41) is 0.931. The number of hydrogen-bond donors (Lipinski definition) is 1. The first-order chi connectivity index (χ1) is 9.56. The second-order valence-corrected chi connectivity index (χ2v) is 5.71. The van der Waals surface area contributed by atoms with Crippen LogP contribution in [0.3, 0.4) is 0 Å². The Morgan fingerprint density at radius 1 is 1.30 bits per heavy atom. The first-order valence-corrected chi connectivity index (χ1v) is 7.43. The van der Waals surface area contributed by atoms with Crippen molar-refractivity contribution in [2.24, 2.45) is 5.73 Å². The molecule has 0 aromatic heterocycles. The van der Waals surface area contributed by atoms with Crippen LogP contribution in [0.5, 0.6) is 5.75 Å². The molecule has 1 aromatic rings. The smallest absolute Gasteiger partial charge is 0.225 e. The Morgan fingerprint density at radius 3 is 2.65 bits per heavy atom. The van der Waals surface area contributed by atoms with Crippen molar-refractivity contribution in [3.8, 4) is 5.75 Å². The van der Waals surface area contributed by atoms with Crippen LogP contribution in [-0.4, -0.2) is 36.5 Å². The largest absolute Gasteiger partial charge is 0.493 e. The molecule has 1 amide bonds. The number of nitrogens with zero attached hydrogens (tertiary/aromatic N) is 1. The van der Waals surface area contributed by atoms with Gasteiger partial charge in [-0.25, -0.2) is 0 Å². The molecule has 1 heterocycles. The van der Waals surface area contributed by atoms with Gasteiger partial charge in [-0.2, -0.15) is 0 Å². The van der Waals surface area contributed by atoms with Crippen molar-refractivity contribution in [2.75, 3.05) is 19.7 Å². The van der Waals surface area contributed by atoms with Crippen LogP contribution in [0.4, 0.5) is 0 Å². The third-order valence-corrected chi connectivity index (χ3v) is 4.11. The first-order valence-electron chi connectivity index (χ1n) is 6.67. The summed E-state index contributed by atoms with van der Waals surface area (Å²) in [6.45, 7) is 1.82. The second kappa shape index (κ2) is 7.16. The van der Waals surface area contributed by atoms with E-state index in [0.29, 0.717) is 28.8 Å². The van der Waals surface area contributed by atoms with E-state index >= 15 is 0 Å². The van der Waals surface area contributed by atoms with Crippen molar-refractivity contribution in [3.05, 3.63) is 28.2 Å². The number of ether oxygens (including phenoxy) is 1. The topological polar surface area (TPSA) is 55.6 Å². The molecule has 110 valence electrons. The molecular formula is C14H18Cl2N2O2. The Labute approximate surface area is 128 Å². The number of benzene rings is 1. The minimum Gasteiger partial charge on any atom is -0.493 e. The Balaban J connectivity index is 1.75. The number of amides is 1. The molecule has 20 heavy (non-hydrogen) atoms. The monoisotopic (exact) mass is 316 g/mol. The maximum atomic E-state index is 12.0. The normalized spacial score (nSPS) is 16.2. The average molecular weight is 317 g/mol. The second-order valence-electron chi connectivity index (χ2n) is 4.89. The molecule has 1 aliphatic heterocycles. The average Bonchev–Trinajstić information content (AvgIpc) is 2.43. The molecule has 0 aliphatic carbocycles. The highest BCUT2D eigenvalue weighted by molar-refractivity contribution is 6.42. The van der Waals surface area contributed by atoms with E-state index in [1.54, 1.807) is 18.2 Å². The molecule has 0 spiro atoms. The molecule has 1 fully saturated rings. The van der Waals surface area contributed by atoms with Crippen molar-refractivity contribution < 1.29 is 9.53 Å². The fourth-order valence-corrected chi connectivity index (χ4v) is 2.42. The Kier molecular flexibility index (Phi) is 5.52. The summed E-state index contributed by atoms with van der Waals surface area (Å²) in [6, 6.07) is 5.28. The van der Waals surface area contributed by atoms with E-state index in [2.05, 4.69) is 0 Å². The number of hydrogen-bond acceptors (Lipinski definition) is 3. The van der Waals surface area contributed by atoms with Crippen LogP contribution in [-0.2, 0) is 4.79 Å². The summed E-state index contributed by atoms with van der Waals surface area (Å²) in [7, 11) is 0. The molecule has 0 unspecified atom stereocenters. The van der Waals surface area contributed by atoms with Crippen LogP contribution < -0.4 is 10.5 Å². The zero-order valence-corrected chi connectivity index (χ0v) is 12.7. The molecule has 6 heteroatoms. The molecule has 2 rings (SSSR count). The molecule has 1 aliphatic rings. The molecule has 0 radical (unpaired) electrons. The van der Waals surface area contributed by atoms with Crippen molar-refractivity contribution in [1.82, 2.24) is 4.90 Å². The summed E-state index contributed by atoms with van der Waals surface area (Å²) in [5.41, 5.74) is 5.81. The van der Waals surface area contributed by atoms with Gasteiger partial charge >= 0.3 is 0 Å². The van der Waals surface area contributed by atoms with E-state index in [0.717, 1.165) is 25.9 Å². The number of halogens is 2. The lowest BCUT2D eigenvalue weighted by molar-refractivity contribution is -0.132. The maximum Gasteiger partial charge on any atom is 0.225 e. The Morgan fingerprint density at radius 2 is 2.00 bits per heavy atom. The summed E-state index contributed by atoms with van der Waals surface area (Å²) in [5.74, 6) is 0.727. The molecule has 2 N–H and O–H groups in total. The van der Waals surface area contributed by atoms with E-state index in [9.17, 15) is 4.79 Å². The number of carbonyl (C=O) groups is 1. The summed E-state index contributed by atoms with van der Waals surface area (Å²) < 4.78 is 5.51. The van der Waals surface area contributed by atoms with E-state index in [4.69, 9.17) is 33.7 Å². The van der Waals surface area contributed by atoms with E-state index in [-0.39, 0.29) is 11.9 Å². The lowest BCUT2D eigenvalue weighted by Crippen LogP contribution is -2.43. The van der Waals surface area contributed by atoms with Crippen molar-refractivity contribution in [3.63, 3.8) is 0 Å². The third-order valence-electron chi connectivity index (χ3n) is 3.37. The van der Waals surface area contributed by atoms with Gasteiger partial charge in [-0.15, -0.1) is 0 Å². The van der Waals surface area contributed by atoms with Crippen LogP contribution in [0.2, 0.25) is 10.0 Å². The molecule has 1 aromatic carbocycles.